The van der Waals surface area contributed by atoms with Crippen molar-refractivity contribution in [1.29, 1.82) is 0 Å². The molecule has 1 N–H and O–H groups in total. The maximum absolute atomic E-state index is 10.5. The van der Waals surface area contributed by atoms with Gasteiger partial charge in [-0.3, -0.25) is 0 Å². The molecule has 0 amide bonds. The van der Waals surface area contributed by atoms with Crippen molar-refractivity contribution in [3.05, 3.63) is 28.8 Å². The minimum atomic E-state index is -0.176. The van der Waals surface area contributed by atoms with E-state index < -0.39 is 0 Å². The maximum Gasteiger partial charge on any atom is 0.417 e. The molecule has 0 aliphatic heterocycles. The summed E-state index contributed by atoms with van der Waals surface area (Å²) in [5, 5.41) is 10.5. The largest absolute Gasteiger partial charge is 0.507 e. The number of hydrogen-bond acceptors (Lipinski definition) is 3. The van der Waals surface area contributed by atoms with Crippen molar-refractivity contribution < 1.29 is 14.6 Å². The van der Waals surface area contributed by atoms with Crippen LogP contribution in [0.3, 0.4) is 0 Å². The first-order valence-electron chi connectivity index (χ1n) is 6.43. The smallest absolute Gasteiger partial charge is 0.417 e. The van der Waals surface area contributed by atoms with Gasteiger partial charge in [0.2, 0.25) is 0 Å². The van der Waals surface area contributed by atoms with E-state index in [1.54, 1.807) is 0 Å². The number of rotatable bonds is 3. The highest BCUT2D eigenvalue weighted by Gasteiger charge is 2.26. The second kappa shape index (κ2) is 5.24. The van der Waals surface area contributed by atoms with Crippen molar-refractivity contribution in [2.24, 2.45) is 0 Å². The first-order valence-corrected chi connectivity index (χ1v) is 6.43. The van der Waals surface area contributed by atoms with Crippen LogP contribution in [0.4, 0.5) is 0 Å². The van der Waals surface area contributed by atoms with Crippen LogP contribution in [0.15, 0.2) is 12.1 Å². The molecule has 19 heavy (non-hydrogen) atoms. The van der Waals surface area contributed by atoms with E-state index in [0.29, 0.717) is 5.75 Å². The van der Waals surface area contributed by atoms with Crippen LogP contribution in [0.25, 0.3) is 0 Å². The van der Waals surface area contributed by atoms with Gasteiger partial charge in [-0.05, 0) is 39.7 Å². The minimum absolute atomic E-state index is 0.176. The van der Waals surface area contributed by atoms with Gasteiger partial charge < -0.3 is 9.84 Å². The average molecular weight is 263 g/mol. The minimum Gasteiger partial charge on any atom is -0.507 e. The molecule has 0 heterocycles. The molecule has 3 nitrogen and oxygen atoms in total. The molecule has 0 spiro atoms. The summed E-state index contributed by atoms with van der Waals surface area (Å²) >= 11 is 0. The van der Waals surface area contributed by atoms with Crippen molar-refractivity contribution >= 4 is 6.47 Å². The Labute approximate surface area is 115 Å². The summed E-state index contributed by atoms with van der Waals surface area (Å²) < 4.78 is 4.71. The van der Waals surface area contributed by atoms with E-state index in [4.69, 9.17) is 4.74 Å². The molecule has 0 bridgehead atoms. The molecule has 0 unspecified atom stereocenters. The van der Waals surface area contributed by atoms with Crippen molar-refractivity contribution in [3.63, 3.8) is 0 Å². The third-order valence-corrected chi connectivity index (χ3v) is 3.08. The molecule has 1 rings (SSSR count). The van der Waals surface area contributed by atoms with Gasteiger partial charge in [0.15, 0.2) is 0 Å². The fourth-order valence-electron chi connectivity index (χ4n) is 2.03. The predicted octanol–water partition coefficient (Wildman–Crippen LogP) is 3.57. The molecule has 0 aliphatic carbocycles. The van der Waals surface area contributed by atoms with Crippen LogP contribution in [0.2, 0.25) is 0 Å². The third-order valence-electron chi connectivity index (χ3n) is 3.08. The molecule has 3 heteroatoms. The Kier molecular flexibility index (Phi) is 4.28. The summed E-state index contributed by atoms with van der Waals surface area (Å²) in [7, 11) is 0. The normalized spacial score (nSPS) is 12.3. The maximum atomic E-state index is 10.5. The molecule has 1 aromatic rings. The number of hydrogen-bond donors (Lipinski definition) is 1. The topological polar surface area (TPSA) is 46.5 Å². The van der Waals surface area contributed by atoms with Crippen molar-refractivity contribution in [1.82, 2.24) is 0 Å². The third kappa shape index (κ3) is 3.72. The lowest BCUT2D eigenvalue weighted by Crippen LogP contribution is -2.18. The van der Waals surface area contributed by atoms with Crippen molar-refractivity contribution in [3.8, 4) is 5.75 Å². The molecule has 105 valence electrons. The highest BCUT2D eigenvalue weighted by Crippen LogP contribution is 2.39. The Balaban J connectivity index is 3.43. The van der Waals surface area contributed by atoms with E-state index in [1.807, 2.05) is 53.7 Å². The van der Waals surface area contributed by atoms with Gasteiger partial charge in [-0.25, -0.2) is 4.79 Å². The van der Waals surface area contributed by atoms with E-state index in [-0.39, 0.29) is 17.4 Å². The molecular weight excluding hydrogens is 240 g/mol. The number of ether oxygens (including phenoxy) is 1. The molecule has 0 saturated carbocycles. The van der Waals surface area contributed by atoms with Gasteiger partial charge in [0, 0.05) is 0 Å². The zero-order valence-electron chi connectivity index (χ0n) is 12.6. The second-order valence-electron chi connectivity index (χ2n) is 6.91. The van der Waals surface area contributed by atoms with Gasteiger partial charge >= 0.3 is 6.47 Å². The summed E-state index contributed by atoms with van der Waals surface area (Å²) in [4.78, 5) is 10.2. The van der Waals surface area contributed by atoms with Crippen molar-refractivity contribution in [2.75, 3.05) is 0 Å². The fraction of sp³-hybridized carbons (Fsp3) is 0.562. The lowest BCUT2D eigenvalue weighted by molar-refractivity contribution is 0.266. The number of phenolic OH excluding ortho intramolecular Hbond substituents is 1. The van der Waals surface area contributed by atoms with Crippen LogP contribution < -0.4 is 0 Å². The molecule has 1 aromatic carbocycles. The highest BCUT2D eigenvalue weighted by atomic mass is 16.5. The summed E-state index contributed by atoms with van der Waals surface area (Å²) in [6.45, 7) is 13.9. The van der Waals surface area contributed by atoms with Gasteiger partial charge in [-0.1, -0.05) is 41.5 Å². The van der Waals surface area contributed by atoms with Crippen LogP contribution in [0.1, 0.15) is 58.2 Å². The molecule has 0 fully saturated rings. The summed E-state index contributed by atoms with van der Waals surface area (Å²) in [5.74, 6) is 0.332. The van der Waals surface area contributed by atoms with E-state index in [1.165, 1.54) is 6.47 Å². The van der Waals surface area contributed by atoms with Crippen LogP contribution in [-0.4, -0.2) is 11.6 Å². The van der Waals surface area contributed by atoms with Gasteiger partial charge in [0.05, 0.1) is 0 Å². The van der Waals surface area contributed by atoms with Crippen LogP contribution >= 0.6 is 0 Å². The molecule has 1 radical (unpaired) electrons. The lowest BCUT2D eigenvalue weighted by atomic mass is 9.78. The van der Waals surface area contributed by atoms with E-state index >= 15 is 0 Å². The van der Waals surface area contributed by atoms with Gasteiger partial charge in [-0.2, -0.15) is 0 Å². The molecule has 0 atom stereocenters. The molecule has 0 aromatic heterocycles. The quantitative estimate of drug-likeness (QED) is 0.906. The highest BCUT2D eigenvalue weighted by molar-refractivity contribution is 5.50. The Morgan fingerprint density at radius 2 is 1.47 bits per heavy atom. The van der Waals surface area contributed by atoms with Gasteiger partial charge in [-0.15, -0.1) is 0 Å². The average Bonchev–Trinajstić information content (AvgIpc) is 2.24. The monoisotopic (exact) mass is 263 g/mol. The first kappa shape index (κ1) is 15.5. The van der Waals surface area contributed by atoms with E-state index in [2.05, 4.69) is 0 Å². The fourth-order valence-corrected chi connectivity index (χ4v) is 2.03. The van der Waals surface area contributed by atoms with Crippen LogP contribution in [0.5, 0.6) is 5.75 Å². The number of carbonyl (C=O) groups excluding carboxylic acids is 1. The molecular formula is C16H23O3. The Hall–Kier alpha value is -1.51. The number of benzene rings is 1. The van der Waals surface area contributed by atoms with E-state index in [0.717, 1.165) is 16.7 Å². The molecule has 0 saturated heterocycles. The van der Waals surface area contributed by atoms with E-state index in [9.17, 15) is 9.90 Å². The summed E-state index contributed by atoms with van der Waals surface area (Å²) in [6.07, 6.45) is 0. The van der Waals surface area contributed by atoms with Gasteiger partial charge in [0.25, 0.3) is 0 Å². The number of aromatic hydroxyl groups is 1. The van der Waals surface area contributed by atoms with Crippen molar-refractivity contribution in [2.45, 2.75) is 59.0 Å². The SMILES string of the molecule is CC(C)(C)c1cc(CO[C]=O)cc(C(C)(C)C)c1O. The zero-order chi connectivity index (χ0) is 14.8. The predicted molar refractivity (Wildman–Crippen MR) is 76.0 cm³/mol. The molecule has 0 aliphatic rings. The second-order valence-corrected chi connectivity index (χ2v) is 6.91. The summed E-state index contributed by atoms with van der Waals surface area (Å²) in [5.41, 5.74) is 2.25. The Morgan fingerprint density at radius 1 is 1.05 bits per heavy atom. The lowest BCUT2D eigenvalue weighted by Gasteiger charge is -2.28. The van der Waals surface area contributed by atoms with Crippen LogP contribution in [-0.2, 0) is 27.0 Å². The zero-order valence-corrected chi connectivity index (χ0v) is 12.6. The van der Waals surface area contributed by atoms with Gasteiger partial charge in [0.1, 0.15) is 12.4 Å². The van der Waals surface area contributed by atoms with Crippen LogP contribution in [0, 0.1) is 0 Å². The Morgan fingerprint density at radius 3 is 1.79 bits per heavy atom. The summed E-state index contributed by atoms with van der Waals surface area (Å²) in [6, 6.07) is 3.78. The first-order chi connectivity index (χ1) is 8.57. The standard InChI is InChI=1S/C16H23O3/c1-15(2,3)12-7-11(9-19-10-17)8-13(14(12)18)16(4,5)6/h7-8,18H,9H2,1-6H3. The Bertz CT molecular complexity index is 427. The number of phenols is 1.